The highest BCUT2D eigenvalue weighted by atomic mass is 32.2. The molecule has 0 aromatic rings. The van der Waals surface area contributed by atoms with Gasteiger partial charge >= 0.3 is 0 Å². The van der Waals surface area contributed by atoms with E-state index in [-0.39, 0.29) is 10.7 Å². The SMILES string of the molecule is CCC(C)S(=O)(=O)CC1(CCN)CC1. The highest BCUT2D eigenvalue weighted by molar-refractivity contribution is 7.92. The van der Waals surface area contributed by atoms with Gasteiger partial charge in [-0.05, 0) is 44.6 Å². The molecular formula is C10H21NO2S. The van der Waals surface area contributed by atoms with E-state index in [1.165, 1.54) is 0 Å². The summed E-state index contributed by atoms with van der Waals surface area (Å²) in [4.78, 5) is 0. The van der Waals surface area contributed by atoms with E-state index in [1.807, 2.05) is 6.92 Å². The molecule has 0 saturated heterocycles. The van der Waals surface area contributed by atoms with Crippen LogP contribution in [0.5, 0.6) is 0 Å². The molecule has 0 bridgehead atoms. The second-order valence-corrected chi connectivity index (χ2v) is 6.98. The quantitative estimate of drug-likeness (QED) is 0.733. The molecule has 1 aliphatic rings. The lowest BCUT2D eigenvalue weighted by atomic mass is 10.1. The van der Waals surface area contributed by atoms with Crippen molar-refractivity contribution >= 4 is 9.84 Å². The summed E-state index contributed by atoms with van der Waals surface area (Å²) in [6, 6.07) is 0. The van der Waals surface area contributed by atoms with Gasteiger partial charge < -0.3 is 5.73 Å². The average molecular weight is 219 g/mol. The Bertz CT molecular complexity index is 280. The maximum Gasteiger partial charge on any atom is 0.153 e. The van der Waals surface area contributed by atoms with E-state index in [0.29, 0.717) is 18.7 Å². The Hall–Kier alpha value is -0.0900. The van der Waals surface area contributed by atoms with Crippen molar-refractivity contribution in [3.63, 3.8) is 0 Å². The van der Waals surface area contributed by atoms with Crippen LogP contribution in [0.3, 0.4) is 0 Å². The van der Waals surface area contributed by atoms with Crippen LogP contribution in [-0.4, -0.2) is 26.0 Å². The van der Waals surface area contributed by atoms with Crippen molar-refractivity contribution in [3.05, 3.63) is 0 Å². The molecule has 1 unspecified atom stereocenters. The van der Waals surface area contributed by atoms with Crippen LogP contribution in [0.2, 0.25) is 0 Å². The van der Waals surface area contributed by atoms with Crippen LogP contribution in [-0.2, 0) is 9.84 Å². The number of hydrogen-bond acceptors (Lipinski definition) is 3. The van der Waals surface area contributed by atoms with Gasteiger partial charge in [-0.25, -0.2) is 8.42 Å². The third-order valence-electron chi connectivity index (χ3n) is 3.33. The molecule has 2 N–H and O–H groups in total. The monoisotopic (exact) mass is 219 g/mol. The largest absolute Gasteiger partial charge is 0.330 e. The fraction of sp³-hybridized carbons (Fsp3) is 1.00. The van der Waals surface area contributed by atoms with Gasteiger partial charge in [-0.15, -0.1) is 0 Å². The Kier molecular flexibility index (Phi) is 3.58. The van der Waals surface area contributed by atoms with Crippen LogP contribution in [0, 0.1) is 5.41 Å². The van der Waals surface area contributed by atoms with Gasteiger partial charge in [-0.2, -0.15) is 0 Å². The van der Waals surface area contributed by atoms with Crippen molar-refractivity contribution in [3.8, 4) is 0 Å². The molecule has 1 fully saturated rings. The zero-order valence-electron chi connectivity index (χ0n) is 9.12. The summed E-state index contributed by atoms with van der Waals surface area (Å²) < 4.78 is 23.7. The Balaban J connectivity index is 2.59. The maximum atomic E-state index is 11.9. The van der Waals surface area contributed by atoms with Gasteiger partial charge in [-0.1, -0.05) is 6.92 Å². The molecule has 1 atom stereocenters. The minimum Gasteiger partial charge on any atom is -0.330 e. The molecule has 0 heterocycles. The van der Waals surface area contributed by atoms with Crippen LogP contribution in [0.1, 0.15) is 39.5 Å². The van der Waals surface area contributed by atoms with E-state index in [9.17, 15) is 8.42 Å². The van der Waals surface area contributed by atoms with Crippen molar-refractivity contribution in [1.82, 2.24) is 0 Å². The van der Waals surface area contributed by atoms with Crippen molar-refractivity contribution in [1.29, 1.82) is 0 Å². The molecule has 0 amide bonds. The summed E-state index contributed by atoms with van der Waals surface area (Å²) in [5, 5.41) is -0.197. The minimum atomic E-state index is -2.88. The van der Waals surface area contributed by atoms with Crippen LogP contribution in [0.25, 0.3) is 0 Å². The van der Waals surface area contributed by atoms with E-state index < -0.39 is 9.84 Å². The summed E-state index contributed by atoms with van der Waals surface area (Å²) in [7, 11) is -2.88. The number of nitrogens with two attached hydrogens (primary N) is 1. The zero-order chi connectivity index (χ0) is 10.8. The van der Waals surface area contributed by atoms with Gasteiger partial charge in [-0.3, -0.25) is 0 Å². The summed E-state index contributed by atoms with van der Waals surface area (Å²) in [6.45, 7) is 4.33. The van der Waals surface area contributed by atoms with E-state index >= 15 is 0 Å². The fourth-order valence-electron chi connectivity index (χ4n) is 1.77. The summed E-state index contributed by atoms with van der Waals surface area (Å²) in [5.74, 6) is 0.353. The molecule has 0 spiro atoms. The molecule has 1 aliphatic carbocycles. The molecule has 0 aromatic heterocycles. The molecular weight excluding hydrogens is 198 g/mol. The molecule has 14 heavy (non-hydrogen) atoms. The van der Waals surface area contributed by atoms with Crippen LogP contribution in [0.4, 0.5) is 0 Å². The van der Waals surface area contributed by atoms with Crippen LogP contribution in [0.15, 0.2) is 0 Å². The van der Waals surface area contributed by atoms with Crippen molar-refractivity contribution in [2.75, 3.05) is 12.3 Å². The normalized spacial score (nSPS) is 21.9. The number of sulfone groups is 1. The second-order valence-electron chi connectivity index (χ2n) is 4.56. The topological polar surface area (TPSA) is 60.2 Å². The van der Waals surface area contributed by atoms with E-state index in [2.05, 4.69) is 0 Å². The smallest absolute Gasteiger partial charge is 0.153 e. The van der Waals surface area contributed by atoms with Crippen molar-refractivity contribution < 1.29 is 8.42 Å². The first kappa shape index (κ1) is 12.0. The molecule has 4 heteroatoms. The van der Waals surface area contributed by atoms with Gasteiger partial charge in [0.15, 0.2) is 9.84 Å². The van der Waals surface area contributed by atoms with E-state index in [0.717, 1.165) is 19.3 Å². The number of rotatable bonds is 6. The van der Waals surface area contributed by atoms with Crippen LogP contribution < -0.4 is 5.73 Å². The lowest BCUT2D eigenvalue weighted by molar-refractivity contribution is 0.505. The van der Waals surface area contributed by atoms with Crippen molar-refractivity contribution in [2.24, 2.45) is 11.1 Å². The molecule has 1 saturated carbocycles. The number of hydrogen-bond donors (Lipinski definition) is 1. The predicted molar refractivity (Wildman–Crippen MR) is 58.9 cm³/mol. The summed E-state index contributed by atoms with van der Waals surface area (Å²) in [5.41, 5.74) is 5.54. The molecule has 3 nitrogen and oxygen atoms in total. The minimum absolute atomic E-state index is 0.0526. The Labute approximate surface area is 87.0 Å². The molecule has 0 aliphatic heterocycles. The summed E-state index contributed by atoms with van der Waals surface area (Å²) in [6.07, 6.45) is 3.66. The highest BCUT2D eigenvalue weighted by Gasteiger charge is 2.45. The molecule has 0 radical (unpaired) electrons. The third kappa shape index (κ3) is 2.70. The average Bonchev–Trinajstić information content (AvgIpc) is 2.83. The standard InChI is InChI=1S/C10H21NO2S/c1-3-9(2)14(12,13)8-10(4-5-10)6-7-11/h9H,3-8,11H2,1-2H3. The Morgan fingerprint density at radius 1 is 1.43 bits per heavy atom. The van der Waals surface area contributed by atoms with Gasteiger partial charge in [0.2, 0.25) is 0 Å². The van der Waals surface area contributed by atoms with E-state index in [1.54, 1.807) is 6.92 Å². The van der Waals surface area contributed by atoms with Crippen LogP contribution >= 0.6 is 0 Å². The second kappa shape index (κ2) is 4.19. The zero-order valence-corrected chi connectivity index (χ0v) is 9.94. The summed E-state index contributed by atoms with van der Waals surface area (Å²) >= 11 is 0. The third-order valence-corrected chi connectivity index (χ3v) is 5.90. The Morgan fingerprint density at radius 2 is 2.00 bits per heavy atom. The van der Waals surface area contributed by atoms with E-state index in [4.69, 9.17) is 5.73 Å². The highest BCUT2D eigenvalue weighted by Crippen LogP contribution is 2.49. The lowest BCUT2D eigenvalue weighted by Crippen LogP contribution is -2.27. The van der Waals surface area contributed by atoms with Gasteiger partial charge in [0, 0.05) is 0 Å². The maximum absolute atomic E-state index is 11.9. The molecule has 1 rings (SSSR count). The molecule has 0 aromatic carbocycles. The molecule has 84 valence electrons. The lowest BCUT2D eigenvalue weighted by Gasteiger charge is -2.17. The first-order chi connectivity index (χ1) is 6.46. The van der Waals surface area contributed by atoms with Gasteiger partial charge in [0.25, 0.3) is 0 Å². The Morgan fingerprint density at radius 3 is 2.36 bits per heavy atom. The first-order valence-corrected chi connectivity index (χ1v) is 7.09. The fourth-order valence-corrected chi connectivity index (χ4v) is 3.85. The first-order valence-electron chi connectivity index (χ1n) is 5.37. The van der Waals surface area contributed by atoms with Crippen molar-refractivity contribution in [2.45, 2.75) is 44.8 Å². The van der Waals surface area contributed by atoms with Gasteiger partial charge in [0.1, 0.15) is 0 Å². The predicted octanol–water partition coefficient (Wildman–Crippen LogP) is 1.33. The van der Waals surface area contributed by atoms with Gasteiger partial charge in [0.05, 0.1) is 11.0 Å².